The molecule has 18 heavy (non-hydrogen) atoms. The summed E-state index contributed by atoms with van der Waals surface area (Å²) in [5.41, 5.74) is 0.794. The van der Waals surface area contributed by atoms with Gasteiger partial charge in [0, 0.05) is 18.6 Å². The first-order chi connectivity index (χ1) is 8.76. The van der Waals surface area contributed by atoms with Crippen LogP contribution >= 0.6 is 0 Å². The zero-order valence-electron chi connectivity index (χ0n) is 10.9. The molecule has 0 saturated carbocycles. The molecule has 0 atom stereocenters. The summed E-state index contributed by atoms with van der Waals surface area (Å²) in [5, 5.41) is 8.67. The fourth-order valence-corrected chi connectivity index (χ4v) is 1.49. The van der Waals surface area contributed by atoms with Gasteiger partial charge in [0.1, 0.15) is 0 Å². The van der Waals surface area contributed by atoms with E-state index in [0.717, 1.165) is 5.56 Å². The van der Waals surface area contributed by atoms with Crippen molar-refractivity contribution in [2.45, 2.75) is 12.8 Å². The number of unbranched alkanes of at least 4 members (excludes halogenated alkanes) is 1. The lowest BCUT2D eigenvalue weighted by Crippen LogP contribution is -1.95. The number of hydrogen-bond acceptors (Lipinski definition) is 4. The Morgan fingerprint density at radius 2 is 1.67 bits per heavy atom. The number of rotatable bonds is 5. The Morgan fingerprint density at radius 1 is 1.06 bits per heavy atom. The molecular formula is C14H18O4. The van der Waals surface area contributed by atoms with Crippen LogP contribution in [0.5, 0.6) is 17.2 Å². The zero-order valence-corrected chi connectivity index (χ0v) is 10.9. The van der Waals surface area contributed by atoms with Gasteiger partial charge in [-0.2, -0.15) is 0 Å². The van der Waals surface area contributed by atoms with E-state index in [1.165, 1.54) is 0 Å². The van der Waals surface area contributed by atoms with Gasteiger partial charge in [0.25, 0.3) is 0 Å². The molecular weight excluding hydrogens is 232 g/mol. The maximum absolute atomic E-state index is 8.67. The predicted octanol–water partition coefficient (Wildman–Crippen LogP) is 1.84. The summed E-state index contributed by atoms with van der Waals surface area (Å²) < 4.78 is 15.7. The molecule has 4 nitrogen and oxygen atoms in total. The van der Waals surface area contributed by atoms with Crippen LogP contribution in [0, 0.1) is 11.8 Å². The number of methoxy groups -OCH3 is 3. The van der Waals surface area contributed by atoms with Crippen LogP contribution in [0.1, 0.15) is 18.4 Å². The number of aliphatic hydroxyl groups excluding tert-OH is 1. The van der Waals surface area contributed by atoms with Gasteiger partial charge in [0.05, 0.1) is 21.3 Å². The second-order valence-electron chi connectivity index (χ2n) is 3.54. The molecule has 0 radical (unpaired) electrons. The quantitative estimate of drug-likeness (QED) is 0.640. The van der Waals surface area contributed by atoms with E-state index in [9.17, 15) is 0 Å². The Hall–Kier alpha value is -1.86. The van der Waals surface area contributed by atoms with E-state index in [0.29, 0.717) is 30.1 Å². The second kappa shape index (κ2) is 7.46. The average molecular weight is 250 g/mol. The van der Waals surface area contributed by atoms with Crippen molar-refractivity contribution in [2.75, 3.05) is 27.9 Å². The Kier molecular flexibility index (Phi) is 5.89. The van der Waals surface area contributed by atoms with Crippen LogP contribution < -0.4 is 14.2 Å². The molecule has 0 fully saturated rings. The molecule has 0 aliphatic heterocycles. The molecule has 0 amide bonds. The topological polar surface area (TPSA) is 47.9 Å². The third-order valence-corrected chi connectivity index (χ3v) is 2.36. The smallest absolute Gasteiger partial charge is 0.203 e. The van der Waals surface area contributed by atoms with Crippen molar-refractivity contribution in [3.63, 3.8) is 0 Å². The van der Waals surface area contributed by atoms with Gasteiger partial charge < -0.3 is 19.3 Å². The second-order valence-corrected chi connectivity index (χ2v) is 3.54. The summed E-state index contributed by atoms with van der Waals surface area (Å²) in [6, 6.07) is 3.60. The Morgan fingerprint density at radius 3 is 2.11 bits per heavy atom. The minimum absolute atomic E-state index is 0.157. The van der Waals surface area contributed by atoms with Crippen molar-refractivity contribution in [3.05, 3.63) is 17.7 Å². The average Bonchev–Trinajstić information content (AvgIpc) is 2.42. The van der Waals surface area contributed by atoms with Gasteiger partial charge in [0.15, 0.2) is 11.5 Å². The molecule has 0 bridgehead atoms. The van der Waals surface area contributed by atoms with Crippen LogP contribution in [-0.4, -0.2) is 33.0 Å². The zero-order chi connectivity index (χ0) is 13.4. The van der Waals surface area contributed by atoms with Gasteiger partial charge in [-0.3, -0.25) is 0 Å². The highest BCUT2D eigenvalue weighted by atomic mass is 16.5. The highest BCUT2D eigenvalue weighted by Gasteiger charge is 2.11. The lowest BCUT2D eigenvalue weighted by molar-refractivity contribution is 0.290. The summed E-state index contributed by atoms with van der Waals surface area (Å²) in [4.78, 5) is 0. The first kappa shape index (κ1) is 14.2. The molecule has 1 aromatic rings. The lowest BCUT2D eigenvalue weighted by atomic mass is 10.1. The largest absolute Gasteiger partial charge is 0.493 e. The van der Waals surface area contributed by atoms with Gasteiger partial charge >= 0.3 is 0 Å². The molecule has 98 valence electrons. The van der Waals surface area contributed by atoms with Gasteiger partial charge in [-0.15, -0.1) is 0 Å². The number of hydrogen-bond donors (Lipinski definition) is 1. The van der Waals surface area contributed by atoms with Gasteiger partial charge in [-0.1, -0.05) is 11.8 Å². The van der Waals surface area contributed by atoms with E-state index in [2.05, 4.69) is 11.8 Å². The van der Waals surface area contributed by atoms with E-state index >= 15 is 0 Å². The monoisotopic (exact) mass is 250 g/mol. The molecule has 0 saturated heterocycles. The normalized spacial score (nSPS) is 9.33. The van der Waals surface area contributed by atoms with Crippen LogP contribution in [0.25, 0.3) is 0 Å². The molecule has 1 aromatic carbocycles. The molecule has 0 aromatic heterocycles. The van der Waals surface area contributed by atoms with Crippen LogP contribution in [0.15, 0.2) is 12.1 Å². The molecule has 1 N–H and O–H groups in total. The third-order valence-electron chi connectivity index (χ3n) is 2.36. The fourth-order valence-electron chi connectivity index (χ4n) is 1.49. The SMILES string of the molecule is COc1cc(C#CCCCO)cc(OC)c1OC. The maximum atomic E-state index is 8.67. The van der Waals surface area contributed by atoms with Crippen molar-refractivity contribution in [3.8, 4) is 29.1 Å². The molecule has 4 heteroatoms. The maximum Gasteiger partial charge on any atom is 0.203 e. The van der Waals surface area contributed by atoms with Gasteiger partial charge in [0.2, 0.25) is 5.75 Å². The minimum Gasteiger partial charge on any atom is -0.493 e. The van der Waals surface area contributed by atoms with Crippen molar-refractivity contribution < 1.29 is 19.3 Å². The number of aliphatic hydroxyl groups is 1. The summed E-state index contributed by atoms with van der Waals surface area (Å²) in [6.45, 7) is 0.157. The number of benzene rings is 1. The molecule has 0 heterocycles. The Labute approximate surface area is 107 Å². The highest BCUT2D eigenvalue weighted by Crippen LogP contribution is 2.37. The summed E-state index contributed by atoms with van der Waals surface area (Å²) in [7, 11) is 4.70. The van der Waals surface area contributed by atoms with Gasteiger partial charge in [-0.25, -0.2) is 0 Å². The van der Waals surface area contributed by atoms with Crippen LogP contribution in [-0.2, 0) is 0 Å². The van der Waals surface area contributed by atoms with Crippen LogP contribution in [0.3, 0.4) is 0 Å². The molecule has 0 aliphatic carbocycles. The summed E-state index contributed by atoms with van der Waals surface area (Å²) >= 11 is 0. The van der Waals surface area contributed by atoms with E-state index in [4.69, 9.17) is 19.3 Å². The third kappa shape index (κ3) is 3.57. The standard InChI is InChI=1S/C14H18O4/c1-16-12-9-11(7-5-4-6-8-15)10-13(17-2)14(12)18-3/h9-10,15H,4,6,8H2,1-3H3. The van der Waals surface area contributed by atoms with Crippen molar-refractivity contribution >= 4 is 0 Å². The van der Waals surface area contributed by atoms with E-state index in [1.54, 1.807) is 33.5 Å². The van der Waals surface area contributed by atoms with E-state index in [1.807, 2.05) is 0 Å². The van der Waals surface area contributed by atoms with Crippen LogP contribution in [0.4, 0.5) is 0 Å². The van der Waals surface area contributed by atoms with E-state index < -0.39 is 0 Å². The molecule has 0 unspecified atom stereocenters. The first-order valence-corrected chi connectivity index (χ1v) is 5.66. The number of ether oxygens (including phenoxy) is 3. The fraction of sp³-hybridized carbons (Fsp3) is 0.429. The van der Waals surface area contributed by atoms with Gasteiger partial charge in [-0.05, 0) is 18.6 Å². The Bertz CT molecular complexity index is 418. The predicted molar refractivity (Wildman–Crippen MR) is 69.3 cm³/mol. The summed E-state index contributed by atoms with van der Waals surface area (Å²) in [5.74, 6) is 7.71. The lowest BCUT2D eigenvalue weighted by Gasteiger charge is -2.12. The van der Waals surface area contributed by atoms with Crippen molar-refractivity contribution in [1.82, 2.24) is 0 Å². The minimum atomic E-state index is 0.157. The molecule has 0 spiro atoms. The van der Waals surface area contributed by atoms with Crippen molar-refractivity contribution in [1.29, 1.82) is 0 Å². The Balaban J connectivity index is 3.02. The molecule has 1 rings (SSSR count). The first-order valence-electron chi connectivity index (χ1n) is 5.66. The van der Waals surface area contributed by atoms with E-state index in [-0.39, 0.29) is 6.61 Å². The van der Waals surface area contributed by atoms with Crippen molar-refractivity contribution in [2.24, 2.45) is 0 Å². The summed E-state index contributed by atoms with van der Waals surface area (Å²) in [6.07, 6.45) is 1.34. The highest BCUT2D eigenvalue weighted by molar-refractivity contribution is 5.57. The van der Waals surface area contributed by atoms with Crippen LogP contribution in [0.2, 0.25) is 0 Å². The molecule has 0 aliphatic rings.